The van der Waals surface area contributed by atoms with Gasteiger partial charge >= 0.3 is 0 Å². The van der Waals surface area contributed by atoms with Crippen molar-refractivity contribution in [2.75, 3.05) is 0 Å². The van der Waals surface area contributed by atoms with E-state index >= 15 is 0 Å². The fourth-order valence-electron chi connectivity index (χ4n) is 3.39. The fraction of sp³-hybridized carbons (Fsp3) is 0.130. The zero-order valence-electron chi connectivity index (χ0n) is 13.4. The van der Waals surface area contributed by atoms with Crippen molar-refractivity contribution in [2.24, 2.45) is 0 Å². The zero-order valence-corrected chi connectivity index (χ0v) is 13.4. The molecule has 0 radical (unpaired) electrons. The molecule has 0 heteroatoms. The monoisotopic (exact) mass is 296 g/mol. The minimum Gasteiger partial charge on any atom is -0.0616 e. The molecule has 0 aromatic heterocycles. The summed E-state index contributed by atoms with van der Waals surface area (Å²) in [6, 6.07) is 28.8. The smallest absolute Gasteiger partial charge is 0.00253 e. The molecule has 0 spiro atoms. The summed E-state index contributed by atoms with van der Waals surface area (Å²) in [7, 11) is 0. The van der Waals surface area contributed by atoms with Crippen LogP contribution in [-0.4, -0.2) is 0 Å². The molecule has 0 nitrogen and oxygen atoms in total. The number of fused-ring (bicyclic) bond motifs is 2. The van der Waals surface area contributed by atoms with E-state index in [9.17, 15) is 0 Å². The van der Waals surface area contributed by atoms with E-state index in [-0.39, 0.29) is 0 Å². The topological polar surface area (TPSA) is 0 Å². The molecule has 0 N–H and O–H groups in total. The molecule has 0 bridgehead atoms. The molecule has 0 aliphatic heterocycles. The van der Waals surface area contributed by atoms with Crippen LogP contribution >= 0.6 is 0 Å². The molecule has 4 aromatic carbocycles. The van der Waals surface area contributed by atoms with E-state index in [0.717, 1.165) is 12.8 Å². The maximum atomic E-state index is 2.36. The second-order valence-electron chi connectivity index (χ2n) is 6.18. The highest BCUT2D eigenvalue weighted by Gasteiger charge is 2.03. The van der Waals surface area contributed by atoms with Crippen LogP contribution in [0.1, 0.15) is 23.6 Å². The lowest BCUT2D eigenvalue weighted by atomic mass is 9.96. The molecule has 23 heavy (non-hydrogen) atoms. The third-order valence-corrected chi connectivity index (χ3v) is 4.64. The highest BCUT2D eigenvalue weighted by Crippen LogP contribution is 2.23. The van der Waals surface area contributed by atoms with Gasteiger partial charge in [0.15, 0.2) is 0 Å². The van der Waals surface area contributed by atoms with Crippen LogP contribution < -0.4 is 0 Å². The second-order valence-corrected chi connectivity index (χ2v) is 6.18. The molecule has 0 aliphatic carbocycles. The number of hydrogen-bond acceptors (Lipinski definition) is 0. The normalized spacial score (nSPS) is 11.2. The van der Waals surface area contributed by atoms with Gasteiger partial charge in [0.05, 0.1) is 0 Å². The number of benzene rings is 4. The Bertz CT molecular complexity index is 979. The van der Waals surface area contributed by atoms with Crippen LogP contribution in [0.15, 0.2) is 78.9 Å². The molecular weight excluding hydrogens is 276 g/mol. The summed E-state index contributed by atoms with van der Waals surface area (Å²) in [5.41, 5.74) is 4.19. The van der Waals surface area contributed by atoms with Gasteiger partial charge in [-0.15, -0.1) is 0 Å². The van der Waals surface area contributed by atoms with Crippen LogP contribution in [0.25, 0.3) is 21.5 Å². The first-order chi connectivity index (χ1) is 11.3. The highest BCUT2D eigenvalue weighted by atomic mass is 14.1. The minimum absolute atomic E-state index is 0.985. The van der Waals surface area contributed by atoms with Gasteiger partial charge in [-0.05, 0) is 51.1 Å². The summed E-state index contributed by atoms with van der Waals surface area (Å²) in [6.45, 7) is 2.23. The third-order valence-electron chi connectivity index (χ3n) is 4.64. The van der Waals surface area contributed by atoms with Crippen LogP contribution in [-0.2, 0) is 12.8 Å². The Kier molecular flexibility index (Phi) is 3.59. The lowest BCUT2D eigenvalue weighted by Crippen LogP contribution is -1.90. The molecule has 112 valence electrons. The van der Waals surface area contributed by atoms with Gasteiger partial charge in [-0.3, -0.25) is 0 Å². The van der Waals surface area contributed by atoms with Crippen molar-refractivity contribution in [2.45, 2.75) is 19.8 Å². The Morgan fingerprint density at radius 1 is 0.609 bits per heavy atom. The molecule has 0 amide bonds. The van der Waals surface area contributed by atoms with E-state index in [1.54, 1.807) is 0 Å². The molecule has 0 saturated heterocycles. The summed E-state index contributed by atoms with van der Waals surface area (Å²) < 4.78 is 0. The van der Waals surface area contributed by atoms with Crippen LogP contribution in [0.3, 0.4) is 0 Å². The molecule has 4 aromatic rings. The van der Waals surface area contributed by atoms with Crippen LogP contribution in [0.2, 0.25) is 0 Å². The summed E-state index contributed by atoms with van der Waals surface area (Å²) in [5.74, 6) is 0. The summed E-state index contributed by atoms with van der Waals surface area (Å²) in [5, 5.41) is 5.36. The Balaban J connectivity index is 1.73. The van der Waals surface area contributed by atoms with Gasteiger partial charge in [-0.25, -0.2) is 0 Å². The Morgan fingerprint density at radius 2 is 1.30 bits per heavy atom. The molecule has 0 fully saturated rings. The Labute approximate surface area is 137 Å². The summed E-state index contributed by atoms with van der Waals surface area (Å²) in [4.78, 5) is 0. The molecule has 0 saturated carbocycles. The van der Waals surface area contributed by atoms with E-state index in [0.29, 0.717) is 0 Å². The third kappa shape index (κ3) is 2.73. The predicted molar refractivity (Wildman–Crippen MR) is 100 cm³/mol. The van der Waals surface area contributed by atoms with Gasteiger partial charge in [-0.2, -0.15) is 0 Å². The zero-order chi connectivity index (χ0) is 15.6. The molecular formula is C23H20. The first-order valence-electron chi connectivity index (χ1n) is 8.32. The Morgan fingerprint density at radius 3 is 2.13 bits per heavy atom. The van der Waals surface area contributed by atoms with E-state index in [2.05, 4.69) is 85.8 Å². The van der Waals surface area contributed by atoms with Crippen molar-refractivity contribution in [1.29, 1.82) is 0 Å². The number of hydrogen-bond donors (Lipinski definition) is 0. The predicted octanol–water partition coefficient (Wildman–Crippen LogP) is 6.15. The van der Waals surface area contributed by atoms with Crippen molar-refractivity contribution in [3.05, 3.63) is 95.6 Å². The maximum absolute atomic E-state index is 2.36. The highest BCUT2D eigenvalue weighted by molar-refractivity contribution is 5.86. The van der Waals surface area contributed by atoms with Gasteiger partial charge in [0, 0.05) is 0 Å². The lowest BCUT2D eigenvalue weighted by Gasteiger charge is -2.08. The van der Waals surface area contributed by atoms with Crippen molar-refractivity contribution in [3.63, 3.8) is 0 Å². The lowest BCUT2D eigenvalue weighted by molar-refractivity contribution is 1.15. The quantitative estimate of drug-likeness (QED) is 0.425. The summed E-state index contributed by atoms with van der Waals surface area (Å²) in [6.07, 6.45) is 2.07. The van der Waals surface area contributed by atoms with Crippen molar-refractivity contribution >= 4 is 21.5 Å². The van der Waals surface area contributed by atoms with Gasteiger partial charge in [0.1, 0.15) is 0 Å². The standard InChI is InChI=1S/C23H20/c1-2-19-8-5-9-21-13-11-18(16-23(19)21)14-17-10-12-20-6-3-4-7-22(20)15-17/h3-13,15-16H,2,14H2,1H3. The van der Waals surface area contributed by atoms with Crippen molar-refractivity contribution < 1.29 is 0 Å². The Hall–Kier alpha value is -2.60. The van der Waals surface area contributed by atoms with E-state index < -0.39 is 0 Å². The van der Waals surface area contributed by atoms with Crippen LogP contribution in [0, 0.1) is 0 Å². The molecule has 0 unspecified atom stereocenters. The van der Waals surface area contributed by atoms with Crippen molar-refractivity contribution in [1.82, 2.24) is 0 Å². The fourth-order valence-corrected chi connectivity index (χ4v) is 3.39. The molecule has 0 heterocycles. The first-order valence-corrected chi connectivity index (χ1v) is 8.32. The van der Waals surface area contributed by atoms with Gasteiger partial charge in [0.25, 0.3) is 0 Å². The minimum atomic E-state index is 0.985. The average molecular weight is 296 g/mol. The van der Waals surface area contributed by atoms with Gasteiger partial charge < -0.3 is 0 Å². The SMILES string of the molecule is CCc1cccc2ccc(Cc3ccc4ccccc4c3)cc12. The van der Waals surface area contributed by atoms with E-state index in [4.69, 9.17) is 0 Å². The first kappa shape index (κ1) is 14.0. The summed E-state index contributed by atoms with van der Waals surface area (Å²) >= 11 is 0. The number of rotatable bonds is 3. The maximum Gasteiger partial charge on any atom is -0.00253 e. The van der Waals surface area contributed by atoms with E-state index in [1.807, 2.05) is 0 Å². The molecule has 0 atom stereocenters. The second kappa shape index (κ2) is 5.89. The van der Waals surface area contributed by atoms with Gasteiger partial charge in [-0.1, -0.05) is 85.8 Å². The van der Waals surface area contributed by atoms with Gasteiger partial charge in [0.2, 0.25) is 0 Å². The molecule has 4 rings (SSSR count). The van der Waals surface area contributed by atoms with Crippen LogP contribution in [0.5, 0.6) is 0 Å². The van der Waals surface area contributed by atoms with Crippen LogP contribution in [0.4, 0.5) is 0 Å². The van der Waals surface area contributed by atoms with Crippen molar-refractivity contribution in [3.8, 4) is 0 Å². The average Bonchev–Trinajstić information content (AvgIpc) is 2.61. The van der Waals surface area contributed by atoms with E-state index in [1.165, 1.54) is 38.2 Å². The largest absolute Gasteiger partial charge is 0.0616 e. The molecule has 0 aliphatic rings. The number of aryl methyl sites for hydroxylation is 1.